The van der Waals surface area contributed by atoms with Gasteiger partial charge in [-0.25, -0.2) is 13.6 Å². The normalized spacial score (nSPS) is 20.4. The fourth-order valence-corrected chi connectivity index (χ4v) is 5.69. The number of halogens is 5. The number of aliphatic carboxylic acids is 1. The number of hydrogen-bond donors (Lipinski definition) is 2. The SMILES string of the molecule is CC(C)(C)C(=O)N(CCN1C2CCC1CC(c1cccc(C(N)=O)c1)C2)Cc1c(F)cccc1F.O=C(O)C(F)(F)F. The zero-order chi connectivity index (χ0) is 31.4. The van der Waals surface area contributed by atoms with Crippen molar-refractivity contribution in [1.29, 1.82) is 0 Å². The number of primary amides is 1. The zero-order valence-corrected chi connectivity index (χ0v) is 23.8. The van der Waals surface area contributed by atoms with Gasteiger partial charge in [0.2, 0.25) is 11.8 Å². The Morgan fingerprint density at radius 3 is 1.98 bits per heavy atom. The smallest absolute Gasteiger partial charge is 0.475 e. The topological polar surface area (TPSA) is 104 Å². The van der Waals surface area contributed by atoms with Crippen molar-refractivity contribution in [3.8, 4) is 0 Å². The summed E-state index contributed by atoms with van der Waals surface area (Å²) in [5.41, 5.74) is 6.44. The van der Waals surface area contributed by atoms with E-state index in [4.69, 9.17) is 15.6 Å². The van der Waals surface area contributed by atoms with E-state index in [1.165, 1.54) is 18.2 Å². The molecule has 2 bridgehead atoms. The van der Waals surface area contributed by atoms with Gasteiger partial charge in [-0.05, 0) is 61.4 Å². The third-order valence-corrected chi connectivity index (χ3v) is 7.74. The number of amides is 2. The summed E-state index contributed by atoms with van der Waals surface area (Å²) in [5, 5.41) is 7.12. The zero-order valence-electron chi connectivity index (χ0n) is 23.8. The Morgan fingerprint density at radius 2 is 1.50 bits per heavy atom. The van der Waals surface area contributed by atoms with E-state index in [1.54, 1.807) is 11.0 Å². The second-order valence-corrected chi connectivity index (χ2v) is 11.8. The molecule has 7 nitrogen and oxygen atoms in total. The summed E-state index contributed by atoms with van der Waals surface area (Å²) >= 11 is 0. The first kappa shape index (κ1) is 33.0. The highest BCUT2D eigenvalue weighted by Gasteiger charge is 2.41. The number of nitrogens with two attached hydrogens (primary N) is 1. The van der Waals surface area contributed by atoms with Crippen LogP contribution in [0.1, 0.15) is 73.9 Å². The van der Waals surface area contributed by atoms with Crippen LogP contribution in [0, 0.1) is 17.0 Å². The van der Waals surface area contributed by atoms with Gasteiger partial charge in [-0.2, -0.15) is 13.2 Å². The molecular weight excluding hydrogens is 561 g/mol. The number of carbonyl (C=O) groups excluding carboxylic acids is 2. The molecule has 2 amide bonds. The fourth-order valence-electron chi connectivity index (χ4n) is 5.69. The van der Waals surface area contributed by atoms with E-state index in [0.29, 0.717) is 36.7 Å². The Kier molecular flexibility index (Phi) is 10.3. The molecule has 2 aliphatic rings. The number of benzene rings is 2. The number of carboxylic acids is 1. The number of piperidine rings is 1. The molecule has 0 aliphatic carbocycles. The maximum Gasteiger partial charge on any atom is 0.490 e. The molecule has 2 unspecified atom stereocenters. The standard InChI is InChI=1S/C28H35F2N3O2.C2HF3O2/c1-28(2,3)27(35)32(17-23-24(29)8-5-9-25(23)30)12-13-33-21-10-11-22(33)16-20(15-21)18-6-4-7-19(14-18)26(31)34;3-2(4,5)1(6)7/h4-9,14,20-22H,10-13,15-17H2,1-3H3,(H2,31,34);(H,6,7). The average Bonchev–Trinajstić information content (AvgIpc) is 3.13. The summed E-state index contributed by atoms with van der Waals surface area (Å²) in [6.07, 6.45) is -0.945. The second kappa shape index (κ2) is 13.2. The molecule has 0 saturated carbocycles. The summed E-state index contributed by atoms with van der Waals surface area (Å²) in [7, 11) is 0. The van der Waals surface area contributed by atoms with Gasteiger partial charge in [-0.15, -0.1) is 0 Å². The van der Waals surface area contributed by atoms with Gasteiger partial charge in [0.05, 0.1) is 6.54 Å². The van der Waals surface area contributed by atoms with Crippen LogP contribution in [0.25, 0.3) is 0 Å². The maximum absolute atomic E-state index is 14.4. The molecule has 3 N–H and O–H groups in total. The molecule has 4 rings (SSSR count). The van der Waals surface area contributed by atoms with Gasteiger partial charge >= 0.3 is 12.1 Å². The number of nitrogens with zero attached hydrogens (tertiary/aromatic N) is 2. The van der Waals surface area contributed by atoms with Crippen molar-refractivity contribution in [3.05, 3.63) is 70.8 Å². The Bertz CT molecular complexity index is 1260. The van der Waals surface area contributed by atoms with Crippen LogP contribution in [0.5, 0.6) is 0 Å². The van der Waals surface area contributed by atoms with Gasteiger partial charge in [0, 0.05) is 41.7 Å². The van der Waals surface area contributed by atoms with E-state index in [1.807, 2.05) is 32.9 Å². The molecule has 0 spiro atoms. The molecule has 42 heavy (non-hydrogen) atoms. The van der Waals surface area contributed by atoms with E-state index >= 15 is 0 Å². The third kappa shape index (κ3) is 8.27. The molecule has 2 aromatic rings. The Labute approximate surface area is 241 Å². The first-order valence-corrected chi connectivity index (χ1v) is 13.7. The summed E-state index contributed by atoms with van der Waals surface area (Å²) in [6, 6.07) is 12.2. The van der Waals surface area contributed by atoms with Crippen molar-refractivity contribution in [2.24, 2.45) is 11.1 Å². The van der Waals surface area contributed by atoms with Gasteiger partial charge in [0.1, 0.15) is 11.6 Å². The van der Waals surface area contributed by atoms with E-state index < -0.39 is 35.1 Å². The molecule has 0 radical (unpaired) electrons. The average molecular weight is 598 g/mol. The van der Waals surface area contributed by atoms with Crippen molar-refractivity contribution in [1.82, 2.24) is 9.80 Å². The first-order chi connectivity index (χ1) is 19.5. The predicted octanol–water partition coefficient (Wildman–Crippen LogP) is 5.48. The van der Waals surface area contributed by atoms with Gasteiger partial charge < -0.3 is 15.7 Å². The quantitative estimate of drug-likeness (QED) is 0.412. The van der Waals surface area contributed by atoms with Gasteiger partial charge in [0.15, 0.2) is 0 Å². The van der Waals surface area contributed by atoms with E-state index in [-0.39, 0.29) is 18.0 Å². The highest BCUT2D eigenvalue weighted by Crippen LogP contribution is 2.43. The highest BCUT2D eigenvalue weighted by molar-refractivity contribution is 5.92. The number of fused-ring (bicyclic) bond motifs is 2. The molecular formula is C30H36F5N3O4. The van der Waals surface area contributed by atoms with Crippen LogP contribution in [0.4, 0.5) is 22.0 Å². The number of hydrogen-bond acceptors (Lipinski definition) is 4. The van der Waals surface area contributed by atoms with E-state index in [2.05, 4.69) is 11.0 Å². The van der Waals surface area contributed by atoms with Gasteiger partial charge in [-0.1, -0.05) is 39.0 Å². The summed E-state index contributed by atoms with van der Waals surface area (Å²) in [4.78, 5) is 37.8. The molecule has 230 valence electrons. The summed E-state index contributed by atoms with van der Waals surface area (Å²) < 4.78 is 60.5. The largest absolute Gasteiger partial charge is 0.490 e. The second-order valence-electron chi connectivity index (χ2n) is 11.8. The van der Waals surface area contributed by atoms with Crippen LogP contribution in [0.3, 0.4) is 0 Å². The van der Waals surface area contributed by atoms with Gasteiger partial charge in [-0.3, -0.25) is 14.5 Å². The fraction of sp³-hybridized carbons (Fsp3) is 0.500. The monoisotopic (exact) mass is 597 g/mol. The molecule has 2 fully saturated rings. The summed E-state index contributed by atoms with van der Waals surface area (Å²) in [5.74, 6) is -4.19. The molecule has 2 atom stereocenters. The lowest BCUT2D eigenvalue weighted by molar-refractivity contribution is -0.192. The first-order valence-electron chi connectivity index (χ1n) is 13.7. The number of carbonyl (C=O) groups is 3. The van der Waals surface area contributed by atoms with Crippen LogP contribution in [-0.4, -0.2) is 64.0 Å². The number of rotatable bonds is 7. The van der Waals surface area contributed by atoms with Crippen LogP contribution in [-0.2, 0) is 16.1 Å². The Hall–Kier alpha value is -3.54. The Balaban J connectivity index is 0.000000616. The van der Waals surface area contributed by atoms with E-state index in [0.717, 1.165) is 31.2 Å². The molecule has 2 heterocycles. The van der Waals surface area contributed by atoms with E-state index in [9.17, 15) is 31.5 Å². The maximum atomic E-state index is 14.4. The van der Waals surface area contributed by atoms with Crippen LogP contribution in [0.15, 0.2) is 42.5 Å². The molecule has 12 heteroatoms. The van der Waals surface area contributed by atoms with Crippen molar-refractivity contribution in [2.75, 3.05) is 13.1 Å². The third-order valence-electron chi connectivity index (χ3n) is 7.74. The summed E-state index contributed by atoms with van der Waals surface area (Å²) in [6.45, 7) is 6.49. The highest BCUT2D eigenvalue weighted by atomic mass is 19.4. The van der Waals surface area contributed by atoms with Crippen LogP contribution < -0.4 is 5.73 Å². The van der Waals surface area contributed by atoms with Crippen molar-refractivity contribution in [3.63, 3.8) is 0 Å². The minimum atomic E-state index is -5.08. The van der Waals surface area contributed by atoms with Crippen molar-refractivity contribution >= 4 is 17.8 Å². The molecule has 0 aromatic heterocycles. The van der Waals surface area contributed by atoms with Gasteiger partial charge in [0.25, 0.3) is 0 Å². The number of carboxylic acid groups (broad SMARTS) is 1. The lowest BCUT2D eigenvalue weighted by Crippen LogP contribution is -2.48. The molecule has 2 aliphatic heterocycles. The van der Waals surface area contributed by atoms with Crippen molar-refractivity contribution in [2.45, 2.75) is 77.2 Å². The predicted molar refractivity (Wildman–Crippen MR) is 145 cm³/mol. The van der Waals surface area contributed by atoms with Crippen LogP contribution >= 0.6 is 0 Å². The Morgan fingerprint density at radius 1 is 0.976 bits per heavy atom. The molecule has 2 aromatic carbocycles. The molecule has 2 saturated heterocycles. The minimum Gasteiger partial charge on any atom is -0.475 e. The lowest BCUT2D eigenvalue weighted by atomic mass is 9.84. The minimum absolute atomic E-state index is 0.0684. The lowest BCUT2D eigenvalue weighted by Gasteiger charge is -2.40. The van der Waals surface area contributed by atoms with Crippen molar-refractivity contribution < 1.29 is 41.4 Å². The number of alkyl halides is 3. The van der Waals surface area contributed by atoms with Crippen LogP contribution in [0.2, 0.25) is 0 Å².